The van der Waals surface area contributed by atoms with Gasteiger partial charge in [-0.05, 0) is 47.4 Å². The average molecular weight is 467 g/mol. The molecule has 0 bridgehead atoms. The van der Waals surface area contributed by atoms with Gasteiger partial charge in [0.2, 0.25) is 0 Å². The fourth-order valence-electron chi connectivity index (χ4n) is 2.14. The Kier molecular flexibility index (Phi) is 7.67. The van der Waals surface area contributed by atoms with Crippen LogP contribution in [0.25, 0.3) is 0 Å². The minimum absolute atomic E-state index is 0.00447. The van der Waals surface area contributed by atoms with Gasteiger partial charge in [0, 0.05) is 4.47 Å². The molecule has 0 unspecified atom stereocenters. The number of carboxylic acids is 4. The number of carbonyl (C=O) groups is 4. The Bertz CT molecular complexity index is 908. The first-order valence-corrected chi connectivity index (χ1v) is 8.91. The molecule has 154 valence electrons. The maximum atomic E-state index is 10.9. The van der Waals surface area contributed by atoms with Crippen molar-refractivity contribution in [2.75, 3.05) is 0 Å². The fraction of sp³-hybridized carbons (Fsp3) is 0.200. The van der Waals surface area contributed by atoms with E-state index in [9.17, 15) is 19.2 Å². The van der Waals surface area contributed by atoms with Gasteiger partial charge in [0.25, 0.3) is 0 Å². The molecule has 9 heteroatoms. The van der Waals surface area contributed by atoms with Crippen molar-refractivity contribution in [2.45, 2.75) is 26.2 Å². The quantitative estimate of drug-likeness (QED) is 0.522. The highest BCUT2D eigenvalue weighted by Crippen LogP contribution is 2.24. The zero-order valence-electron chi connectivity index (χ0n) is 15.8. The summed E-state index contributed by atoms with van der Waals surface area (Å²) < 4.78 is 0.435. The molecule has 0 radical (unpaired) electrons. The van der Waals surface area contributed by atoms with Gasteiger partial charge < -0.3 is 20.4 Å². The zero-order chi connectivity index (χ0) is 22.5. The molecule has 0 fully saturated rings. The van der Waals surface area contributed by atoms with Gasteiger partial charge in [0.1, 0.15) is 0 Å². The minimum atomic E-state index is -1.15. The molecule has 8 nitrogen and oxygen atoms in total. The summed E-state index contributed by atoms with van der Waals surface area (Å²) in [6, 6.07) is 7.97. The van der Waals surface area contributed by atoms with Gasteiger partial charge in [-0.25, -0.2) is 19.2 Å². The van der Waals surface area contributed by atoms with Gasteiger partial charge in [0.15, 0.2) is 0 Å². The molecule has 29 heavy (non-hydrogen) atoms. The average Bonchev–Trinajstić information content (AvgIpc) is 2.60. The predicted molar refractivity (Wildman–Crippen MR) is 107 cm³/mol. The van der Waals surface area contributed by atoms with Crippen LogP contribution in [0.3, 0.4) is 0 Å². The Morgan fingerprint density at radius 1 is 0.621 bits per heavy atom. The largest absolute Gasteiger partial charge is 0.478 e. The molecular formula is C20H19BrO8. The maximum Gasteiger partial charge on any atom is 0.335 e. The van der Waals surface area contributed by atoms with Gasteiger partial charge in [-0.3, -0.25) is 0 Å². The van der Waals surface area contributed by atoms with Crippen molar-refractivity contribution < 1.29 is 39.6 Å². The van der Waals surface area contributed by atoms with Crippen molar-refractivity contribution in [1.29, 1.82) is 0 Å². The Labute approximate surface area is 174 Å². The van der Waals surface area contributed by atoms with E-state index < -0.39 is 23.9 Å². The molecule has 0 saturated carbocycles. The van der Waals surface area contributed by atoms with Crippen LogP contribution in [0, 0.1) is 0 Å². The molecule has 2 aromatic rings. The Balaban J connectivity index is 0.000000296. The van der Waals surface area contributed by atoms with Gasteiger partial charge in [-0.2, -0.15) is 0 Å². The molecule has 2 aromatic carbocycles. The lowest BCUT2D eigenvalue weighted by molar-refractivity contribution is 0.0676. The van der Waals surface area contributed by atoms with Crippen molar-refractivity contribution in [3.8, 4) is 0 Å². The molecule has 0 aliphatic rings. The molecule has 0 aliphatic carbocycles. The monoisotopic (exact) mass is 466 g/mol. The predicted octanol–water partition coefficient (Wildman–Crippen LogP) is 4.23. The van der Waals surface area contributed by atoms with E-state index in [0.29, 0.717) is 10.0 Å². The van der Waals surface area contributed by atoms with E-state index in [1.165, 1.54) is 30.3 Å². The van der Waals surface area contributed by atoms with Gasteiger partial charge in [0.05, 0.1) is 22.3 Å². The standard InChI is InChI=1S/C12H14O4.C8H5BrO4/c1-12(2,3)9-5-7(10(13)14)4-8(6-9)11(15)16;9-6-2-4(7(10)11)1-5(3-6)8(12)13/h4-6H,1-3H3,(H,13,14)(H,15,16);1-3H,(H,10,11)(H,12,13). The van der Waals surface area contributed by atoms with Crippen molar-refractivity contribution in [3.05, 3.63) is 68.7 Å². The number of carboxylic acid groups (broad SMARTS) is 4. The van der Waals surface area contributed by atoms with E-state index in [1.54, 1.807) is 0 Å². The first-order chi connectivity index (χ1) is 13.2. The van der Waals surface area contributed by atoms with E-state index >= 15 is 0 Å². The van der Waals surface area contributed by atoms with Crippen molar-refractivity contribution in [1.82, 2.24) is 0 Å². The van der Waals surface area contributed by atoms with Crippen LogP contribution in [-0.2, 0) is 5.41 Å². The smallest absolute Gasteiger partial charge is 0.335 e. The summed E-state index contributed by atoms with van der Waals surface area (Å²) in [5.74, 6) is -4.53. The normalized spacial score (nSPS) is 10.5. The lowest BCUT2D eigenvalue weighted by Gasteiger charge is -2.20. The molecule has 0 heterocycles. The number of benzene rings is 2. The maximum absolute atomic E-state index is 10.9. The van der Waals surface area contributed by atoms with E-state index in [4.69, 9.17) is 20.4 Å². The van der Waals surface area contributed by atoms with Crippen LogP contribution in [0.2, 0.25) is 0 Å². The highest BCUT2D eigenvalue weighted by Gasteiger charge is 2.19. The fourth-order valence-corrected chi connectivity index (χ4v) is 2.64. The van der Waals surface area contributed by atoms with Crippen molar-refractivity contribution in [2.24, 2.45) is 0 Å². The van der Waals surface area contributed by atoms with Crippen molar-refractivity contribution in [3.63, 3.8) is 0 Å². The summed E-state index contributed by atoms with van der Waals surface area (Å²) >= 11 is 3.02. The minimum Gasteiger partial charge on any atom is -0.478 e. The SMILES string of the molecule is CC(C)(C)c1cc(C(=O)O)cc(C(=O)O)c1.O=C(O)c1cc(Br)cc(C(=O)O)c1. The summed E-state index contributed by atoms with van der Waals surface area (Å²) in [7, 11) is 0. The summed E-state index contributed by atoms with van der Waals surface area (Å²) in [6.45, 7) is 5.71. The highest BCUT2D eigenvalue weighted by molar-refractivity contribution is 9.10. The molecule has 0 aromatic heterocycles. The van der Waals surface area contributed by atoms with Crippen LogP contribution < -0.4 is 0 Å². The third-order valence-corrected chi connectivity index (χ3v) is 4.14. The second-order valence-corrected chi connectivity index (χ2v) is 7.91. The molecule has 0 amide bonds. The Hall–Kier alpha value is -3.20. The lowest BCUT2D eigenvalue weighted by Crippen LogP contribution is -2.14. The highest BCUT2D eigenvalue weighted by atomic mass is 79.9. The topological polar surface area (TPSA) is 149 Å². The van der Waals surface area contributed by atoms with Crippen LogP contribution in [0.1, 0.15) is 67.8 Å². The third-order valence-electron chi connectivity index (χ3n) is 3.68. The lowest BCUT2D eigenvalue weighted by atomic mass is 9.85. The van der Waals surface area contributed by atoms with Gasteiger partial charge >= 0.3 is 23.9 Å². The summed E-state index contributed by atoms with van der Waals surface area (Å²) in [5.41, 5.74) is 0.327. The molecule has 0 atom stereocenters. The molecular weight excluding hydrogens is 448 g/mol. The van der Waals surface area contributed by atoms with Gasteiger partial charge in [-0.15, -0.1) is 0 Å². The van der Waals surface area contributed by atoms with E-state index in [1.807, 2.05) is 20.8 Å². The number of hydrogen-bond donors (Lipinski definition) is 4. The van der Waals surface area contributed by atoms with E-state index in [2.05, 4.69) is 15.9 Å². The Morgan fingerprint density at radius 2 is 0.897 bits per heavy atom. The third kappa shape index (κ3) is 7.04. The van der Waals surface area contributed by atoms with Crippen LogP contribution in [0.4, 0.5) is 0 Å². The van der Waals surface area contributed by atoms with E-state index in [0.717, 1.165) is 6.07 Å². The van der Waals surface area contributed by atoms with Crippen molar-refractivity contribution >= 4 is 39.8 Å². The Morgan fingerprint density at radius 3 is 1.14 bits per heavy atom. The summed E-state index contributed by atoms with van der Waals surface area (Å²) in [6.07, 6.45) is 0. The second-order valence-electron chi connectivity index (χ2n) is 7.00. The van der Waals surface area contributed by atoms with Crippen LogP contribution in [-0.4, -0.2) is 44.3 Å². The van der Waals surface area contributed by atoms with Crippen LogP contribution in [0.15, 0.2) is 40.9 Å². The summed E-state index contributed by atoms with van der Waals surface area (Å²) in [5, 5.41) is 35.0. The molecule has 0 spiro atoms. The number of hydrogen-bond acceptors (Lipinski definition) is 4. The molecule has 2 rings (SSSR count). The first-order valence-electron chi connectivity index (χ1n) is 8.11. The van der Waals surface area contributed by atoms with Gasteiger partial charge in [-0.1, -0.05) is 36.7 Å². The number of rotatable bonds is 4. The molecule has 4 N–H and O–H groups in total. The van der Waals surface area contributed by atoms with E-state index in [-0.39, 0.29) is 27.7 Å². The number of aromatic carboxylic acids is 4. The van der Waals surface area contributed by atoms with Crippen LogP contribution in [0.5, 0.6) is 0 Å². The number of halogens is 1. The van der Waals surface area contributed by atoms with Crippen LogP contribution >= 0.6 is 15.9 Å². The molecule has 0 aliphatic heterocycles. The first kappa shape index (κ1) is 23.8. The summed E-state index contributed by atoms with van der Waals surface area (Å²) in [4.78, 5) is 42.8. The molecule has 0 saturated heterocycles. The second kappa shape index (κ2) is 9.33. The zero-order valence-corrected chi connectivity index (χ0v) is 17.3.